The summed E-state index contributed by atoms with van der Waals surface area (Å²) in [7, 11) is -3.62. The molecule has 1 amide bonds. The Hall–Kier alpha value is -2.60. The summed E-state index contributed by atoms with van der Waals surface area (Å²) >= 11 is 0. The molecular weight excluding hydrogens is 360 g/mol. The van der Waals surface area contributed by atoms with Crippen LogP contribution in [0.25, 0.3) is 6.08 Å². The third-order valence-corrected chi connectivity index (χ3v) is 5.60. The molecule has 142 valence electrons. The van der Waals surface area contributed by atoms with Gasteiger partial charge in [0.1, 0.15) is 0 Å². The average Bonchev–Trinajstić information content (AvgIpc) is 2.68. The molecule has 2 aromatic rings. The van der Waals surface area contributed by atoms with E-state index >= 15 is 0 Å². The molecule has 5 nitrogen and oxygen atoms in total. The molecule has 0 spiro atoms. The van der Waals surface area contributed by atoms with E-state index in [2.05, 4.69) is 10.0 Å². The lowest BCUT2D eigenvalue weighted by atomic mass is 9.95. The number of anilines is 1. The Morgan fingerprint density at radius 1 is 0.926 bits per heavy atom. The molecule has 0 aliphatic heterocycles. The van der Waals surface area contributed by atoms with Crippen LogP contribution in [0.15, 0.2) is 60.0 Å². The minimum absolute atomic E-state index is 0.111. The van der Waals surface area contributed by atoms with E-state index in [0.29, 0.717) is 11.3 Å². The second kappa shape index (κ2) is 8.86. The zero-order valence-electron chi connectivity index (χ0n) is 15.1. The standard InChI is InChI=1S/C21H24N2O3S/c24-21(22-19-9-5-2-6-10-19)18-11-13-20(14-12-18)23-27(25,26)16-15-17-7-3-1-4-8-17/h1,3-4,7-8,11-16,19,23H,2,5-6,9-10H2,(H,22,24)/b16-15+. The molecule has 1 aliphatic carbocycles. The van der Waals surface area contributed by atoms with Crippen molar-refractivity contribution in [1.82, 2.24) is 5.32 Å². The highest BCUT2D eigenvalue weighted by Crippen LogP contribution is 2.18. The predicted molar refractivity (Wildman–Crippen MR) is 109 cm³/mol. The number of rotatable bonds is 6. The van der Waals surface area contributed by atoms with Crippen molar-refractivity contribution in [3.05, 3.63) is 71.1 Å². The predicted octanol–water partition coefficient (Wildman–Crippen LogP) is 4.16. The van der Waals surface area contributed by atoms with Gasteiger partial charge in [-0.25, -0.2) is 8.42 Å². The maximum atomic E-state index is 12.3. The van der Waals surface area contributed by atoms with Crippen LogP contribution in [0.4, 0.5) is 5.69 Å². The van der Waals surface area contributed by atoms with Crippen LogP contribution < -0.4 is 10.0 Å². The fourth-order valence-electron chi connectivity index (χ4n) is 3.14. The van der Waals surface area contributed by atoms with E-state index < -0.39 is 10.0 Å². The van der Waals surface area contributed by atoms with Gasteiger partial charge in [-0.1, -0.05) is 49.6 Å². The zero-order chi connectivity index (χ0) is 19.1. The average molecular weight is 385 g/mol. The van der Waals surface area contributed by atoms with Crippen molar-refractivity contribution in [2.75, 3.05) is 4.72 Å². The second-order valence-electron chi connectivity index (χ2n) is 6.75. The molecule has 2 aromatic carbocycles. The summed E-state index contributed by atoms with van der Waals surface area (Å²) in [5.74, 6) is -0.111. The molecule has 0 bridgehead atoms. The lowest BCUT2D eigenvalue weighted by Crippen LogP contribution is -2.36. The van der Waals surface area contributed by atoms with E-state index in [1.54, 1.807) is 24.3 Å². The van der Waals surface area contributed by atoms with Crippen molar-refractivity contribution < 1.29 is 13.2 Å². The minimum Gasteiger partial charge on any atom is -0.349 e. The van der Waals surface area contributed by atoms with Gasteiger partial charge in [0.2, 0.25) is 0 Å². The SMILES string of the molecule is O=C(NC1CCCCC1)c1ccc(NS(=O)(=O)/C=C/c2ccccc2)cc1. The quantitative estimate of drug-likeness (QED) is 0.785. The fourth-order valence-corrected chi connectivity index (χ4v) is 4.00. The van der Waals surface area contributed by atoms with Crippen molar-refractivity contribution in [2.24, 2.45) is 0 Å². The highest BCUT2D eigenvalue weighted by molar-refractivity contribution is 7.95. The number of carbonyl (C=O) groups is 1. The molecule has 2 N–H and O–H groups in total. The van der Waals surface area contributed by atoms with Crippen LogP contribution in [0, 0.1) is 0 Å². The van der Waals surface area contributed by atoms with Gasteiger partial charge in [-0.3, -0.25) is 9.52 Å². The van der Waals surface area contributed by atoms with Crippen LogP contribution in [0.2, 0.25) is 0 Å². The van der Waals surface area contributed by atoms with Gasteiger partial charge in [-0.15, -0.1) is 0 Å². The number of amides is 1. The van der Waals surface area contributed by atoms with Crippen LogP contribution in [0.5, 0.6) is 0 Å². The molecule has 0 aromatic heterocycles. The van der Waals surface area contributed by atoms with Gasteiger partial charge >= 0.3 is 0 Å². The number of sulfonamides is 1. The van der Waals surface area contributed by atoms with E-state index in [1.165, 1.54) is 12.5 Å². The van der Waals surface area contributed by atoms with Crippen LogP contribution >= 0.6 is 0 Å². The highest BCUT2D eigenvalue weighted by Gasteiger charge is 2.16. The summed E-state index contributed by atoms with van der Waals surface area (Å²) in [6.45, 7) is 0. The van der Waals surface area contributed by atoms with Gasteiger partial charge in [0.15, 0.2) is 0 Å². The first-order valence-electron chi connectivity index (χ1n) is 9.19. The Kier molecular flexibility index (Phi) is 6.29. The minimum atomic E-state index is -3.62. The molecule has 1 saturated carbocycles. The Balaban J connectivity index is 1.59. The van der Waals surface area contributed by atoms with E-state index in [0.717, 1.165) is 36.7 Å². The fraction of sp³-hybridized carbons (Fsp3) is 0.286. The molecule has 0 heterocycles. The number of hydrogen-bond donors (Lipinski definition) is 2. The van der Waals surface area contributed by atoms with E-state index in [1.807, 2.05) is 30.3 Å². The number of carbonyl (C=O) groups excluding carboxylic acids is 1. The molecule has 0 atom stereocenters. The first-order chi connectivity index (χ1) is 13.0. The van der Waals surface area contributed by atoms with Gasteiger partial charge in [0.05, 0.1) is 5.41 Å². The lowest BCUT2D eigenvalue weighted by Gasteiger charge is -2.22. The third kappa shape index (κ3) is 5.96. The van der Waals surface area contributed by atoms with Crippen LogP contribution in [-0.2, 0) is 10.0 Å². The van der Waals surface area contributed by atoms with E-state index in [4.69, 9.17) is 0 Å². The lowest BCUT2D eigenvalue weighted by molar-refractivity contribution is 0.0927. The molecule has 3 rings (SSSR count). The second-order valence-corrected chi connectivity index (χ2v) is 8.31. The van der Waals surface area contributed by atoms with Gasteiger partial charge in [-0.2, -0.15) is 0 Å². The van der Waals surface area contributed by atoms with Crippen LogP contribution in [-0.4, -0.2) is 20.4 Å². The number of hydrogen-bond acceptors (Lipinski definition) is 3. The molecule has 0 unspecified atom stereocenters. The third-order valence-electron chi connectivity index (χ3n) is 4.59. The van der Waals surface area contributed by atoms with E-state index in [9.17, 15) is 13.2 Å². The Labute approximate surface area is 160 Å². The smallest absolute Gasteiger partial charge is 0.255 e. The number of benzene rings is 2. The maximum absolute atomic E-state index is 12.3. The maximum Gasteiger partial charge on any atom is 0.255 e. The van der Waals surface area contributed by atoms with Crippen molar-refractivity contribution in [2.45, 2.75) is 38.1 Å². The van der Waals surface area contributed by atoms with Crippen LogP contribution in [0.1, 0.15) is 48.0 Å². The summed E-state index contributed by atoms with van der Waals surface area (Å²) in [5.41, 5.74) is 1.75. The summed E-state index contributed by atoms with van der Waals surface area (Å²) in [5, 5.41) is 4.18. The summed E-state index contributed by atoms with van der Waals surface area (Å²) in [4.78, 5) is 12.3. The topological polar surface area (TPSA) is 75.3 Å². The van der Waals surface area contributed by atoms with Crippen molar-refractivity contribution >= 4 is 27.7 Å². The zero-order valence-corrected chi connectivity index (χ0v) is 15.9. The molecule has 27 heavy (non-hydrogen) atoms. The Bertz CT molecular complexity index is 885. The largest absolute Gasteiger partial charge is 0.349 e. The molecule has 1 aliphatic rings. The normalized spacial score (nSPS) is 15.6. The Morgan fingerprint density at radius 2 is 1.59 bits per heavy atom. The monoisotopic (exact) mass is 384 g/mol. The Morgan fingerprint density at radius 3 is 2.26 bits per heavy atom. The van der Waals surface area contributed by atoms with Gasteiger partial charge in [-0.05, 0) is 48.7 Å². The van der Waals surface area contributed by atoms with Gasteiger partial charge in [0.25, 0.3) is 15.9 Å². The van der Waals surface area contributed by atoms with Crippen molar-refractivity contribution in [3.63, 3.8) is 0 Å². The molecule has 0 saturated heterocycles. The first-order valence-corrected chi connectivity index (χ1v) is 10.7. The van der Waals surface area contributed by atoms with Crippen LogP contribution in [0.3, 0.4) is 0 Å². The molecular formula is C21H24N2O3S. The summed E-state index contributed by atoms with van der Waals surface area (Å²) < 4.78 is 26.8. The molecule has 6 heteroatoms. The number of nitrogens with one attached hydrogen (secondary N) is 2. The summed E-state index contributed by atoms with van der Waals surface area (Å²) in [6, 6.07) is 15.9. The molecule has 1 fully saturated rings. The van der Waals surface area contributed by atoms with E-state index in [-0.39, 0.29) is 11.9 Å². The molecule has 0 radical (unpaired) electrons. The van der Waals surface area contributed by atoms with Gasteiger partial charge < -0.3 is 5.32 Å². The highest BCUT2D eigenvalue weighted by atomic mass is 32.2. The van der Waals surface area contributed by atoms with Crippen molar-refractivity contribution in [3.8, 4) is 0 Å². The van der Waals surface area contributed by atoms with Crippen molar-refractivity contribution in [1.29, 1.82) is 0 Å². The van der Waals surface area contributed by atoms with Gasteiger partial charge in [0, 0.05) is 17.3 Å². The summed E-state index contributed by atoms with van der Waals surface area (Å²) in [6.07, 6.45) is 7.13. The first kappa shape index (κ1) is 19.2.